The lowest BCUT2D eigenvalue weighted by Crippen LogP contribution is -2.50. The molecule has 2 fully saturated rings. The average molecular weight is 322 g/mol. The average Bonchev–Trinajstić information content (AvgIpc) is 3.08. The van der Waals surface area contributed by atoms with E-state index in [9.17, 15) is 14.7 Å². The molecule has 5 nitrogen and oxygen atoms in total. The van der Waals surface area contributed by atoms with Crippen LogP contribution in [0.15, 0.2) is 17.5 Å². The molecule has 3 rings (SSSR count). The summed E-state index contributed by atoms with van der Waals surface area (Å²) in [6, 6.07) is 3.71. The minimum Gasteiger partial charge on any atom is -0.391 e. The van der Waals surface area contributed by atoms with Gasteiger partial charge in [-0.1, -0.05) is 6.07 Å². The normalized spacial score (nSPS) is 26.0. The fourth-order valence-electron chi connectivity index (χ4n) is 3.33. The summed E-state index contributed by atoms with van der Waals surface area (Å²) in [5.74, 6) is 0.0107. The zero-order valence-electron chi connectivity index (χ0n) is 12.6. The van der Waals surface area contributed by atoms with Gasteiger partial charge in [-0.2, -0.15) is 0 Å². The van der Waals surface area contributed by atoms with E-state index in [1.165, 1.54) is 11.3 Å². The molecule has 6 heteroatoms. The number of carbonyl (C=O) groups excluding carboxylic acids is 2. The quantitative estimate of drug-likeness (QED) is 0.899. The molecular formula is C16H22N2O3S. The third-order valence-corrected chi connectivity index (χ3v) is 5.36. The molecule has 120 valence electrons. The predicted molar refractivity (Wildman–Crippen MR) is 84.8 cm³/mol. The van der Waals surface area contributed by atoms with E-state index in [0.717, 1.165) is 43.6 Å². The van der Waals surface area contributed by atoms with E-state index in [-0.39, 0.29) is 17.7 Å². The first-order valence-electron chi connectivity index (χ1n) is 7.95. The zero-order chi connectivity index (χ0) is 15.5. The predicted octanol–water partition coefficient (Wildman–Crippen LogP) is 1.58. The van der Waals surface area contributed by atoms with Gasteiger partial charge in [0, 0.05) is 26.2 Å². The smallest absolute Gasteiger partial charge is 0.263 e. The van der Waals surface area contributed by atoms with E-state index in [0.29, 0.717) is 13.1 Å². The van der Waals surface area contributed by atoms with Crippen molar-refractivity contribution < 1.29 is 14.7 Å². The van der Waals surface area contributed by atoms with Crippen LogP contribution in [0.25, 0.3) is 0 Å². The van der Waals surface area contributed by atoms with Gasteiger partial charge in [0.25, 0.3) is 5.91 Å². The lowest BCUT2D eigenvalue weighted by Gasteiger charge is -2.37. The number of aliphatic hydroxyl groups is 1. The molecule has 0 aliphatic carbocycles. The number of carbonyl (C=O) groups is 2. The number of rotatable bonds is 2. The molecule has 2 aliphatic rings. The fraction of sp³-hybridized carbons (Fsp3) is 0.625. The highest BCUT2D eigenvalue weighted by atomic mass is 32.1. The van der Waals surface area contributed by atoms with Crippen LogP contribution in [0.3, 0.4) is 0 Å². The molecule has 1 N–H and O–H groups in total. The van der Waals surface area contributed by atoms with Crippen molar-refractivity contribution in [2.24, 2.45) is 5.92 Å². The third kappa shape index (κ3) is 3.33. The minimum absolute atomic E-state index is 0.0335. The summed E-state index contributed by atoms with van der Waals surface area (Å²) in [6.45, 7) is 2.39. The SMILES string of the molecule is O=C(c1cccs1)N1CCCC(C(=O)N2CCCC(O)C2)C1. The van der Waals surface area contributed by atoms with Gasteiger partial charge in [-0.05, 0) is 37.1 Å². The standard InChI is InChI=1S/C16H22N2O3S/c19-13-5-2-8-18(11-13)15(20)12-4-1-7-17(10-12)16(21)14-6-3-9-22-14/h3,6,9,12-13,19H,1-2,4-5,7-8,10-11H2. The van der Waals surface area contributed by atoms with Crippen LogP contribution in [-0.2, 0) is 4.79 Å². The highest BCUT2D eigenvalue weighted by Gasteiger charge is 2.33. The molecule has 0 radical (unpaired) electrons. The van der Waals surface area contributed by atoms with Crippen LogP contribution in [-0.4, -0.2) is 59.0 Å². The maximum absolute atomic E-state index is 12.6. The summed E-state index contributed by atoms with van der Waals surface area (Å²) in [5.41, 5.74) is 0. The Labute approximate surface area is 134 Å². The van der Waals surface area contributed by atoms with Crippen molar-refractivity contribution in [3.8, 4) is 0 Å². The van der Waals surface area contributed by atoms with E-state index in [4.69, 9.17) is 0 Å². The minimum atomic E-state index is -0.398. The molecule has 22 heavy (non-hydrogen) atoms. The van der Waals surface area contributed by atoms with Gasteiger partial charge < -0.3 is 14.9 Å². The molecule has 0 bridgehead atoms. The summed E-state index contributed by atoms with van der Waals surface area (Å²) in [7, 11) is 0. The van der Waals surface area contributed by atoms with Crippen LogP contribution in [0.5, 0.6) is 0 Å². The van der Waals surface area contributed by atoms with E-state index in [1.807, 2.05) is 17.5 Å². The molecule has 2 unspecified atom stereocenters. The lowest BCUT2D eigenvalue weighted by molar-refractivity contribution is -0.140. The first-order chi connectivity index (χ1) is 10.6. The van der Waals surface area contributed by atoms with Crippen molar-refractivity contribution in [2.75, 3.05) is 26.2 Å². The van der Waals surface area contributed by atoms with Gasteiger partial charge in [0.2, 0.25) is 5.91 Å². The van der Waals surface area contributed by atoms with Crippen LogP contribution < -0.4 is 0 Å². The molecular weight excluding hydrogens is 300 g/mol. The summed E-state index contributed by atoms with van der Waals surface area (Å²) in [4.78, 5) is 29.4. The Morgan fingerprint density at radius 1 is 1.14 bits per heavy atom. The Kier molecular flexibility index (Phi) is 4.78. The molecule has 2 saturated heterocycles. The Morgan fingerprint density at radius 2 is 1.91 bits per heavy atom. The molecule has 2 amide bonds. The lowest BCUT2D eigenvalue weighted by atomic mass is 9.95. The van der Waals surface area contributed by atoms with Crippen molar-refractivity contribution in [1.82, 2.24) is 9.80 Å². The summed E-state index contributed by atoms with van der Waals surface area (Å²) < 4.78 is 0. The molecule has 2 aliphatic heterocycles. The number of thiophene rings is 1. The second-order valence-corrected chi connectivity index (χ2v) is 7.10. The van der Waals surface area contributed by atoms with Gasteiger partial charge in [0.15, 0.2) is 0 Å². The van der Waals surface area contributed by atoms with E-state index in [1.54, 1.807) is 9.80 Å². The van der Waals surface area contributed by atoms with E-state index in [2.05, 4.69) is 0 Å². The molecule has 0 spiro atoms. The molecule has 0 aromatic carbocycles. The number of hydrogen-bond acceptors (Lipinski definition) is 4. The zero-order valence-corrected chi connectivity index (χ0v) is 13.4. The molecule has 0 saturated carbocycles. The largest absolute Gasteiger partial charge is 0.391 e. The van der Waals surface area contributed by atoms with Crippen molar-refractivity contribution >= 4 is 23.2 Å². The number of amides is 2. The molecule has 1 aromatic rings. The second kappa shape index (κ2) is 6.79. The van der Waals surface area contributed by atoms with Gasteiger partial charge in [-0.15, -0.1) is 11.3 Å². The van der Waals surface area contributed by atoms with Crippen molar-refractivity contribution in [2.45, 2.75) is 31.8 Å². The Bertz CT molecular complexity index is 532. The summed E-state index contributed by atoms with van der Waals surface area (Å²) in [6.07, 6.45) is 2.93. The molecule has 2 atom stereocenters. The van der Waals surface area contributed by atoms with Crippen molar-refractivity contribution in [3.05, 3.63) is 22.4 Å². The fourth-order valence-corrected chi connectivity index (χ4v) is 4.02. The number of likely N-dealkylation sites (tertiary alicyclic amines) is 2. The van der Waals surface area contributed by atoms with E-state index >= 15 is 0 Å². The summed E-state index contributed by atoms with van der Waals surface area (Å²) >= 11 is 1.44. The van der Waals surface area contributed by atoms with Gasteiger partial charge in [0.05, 0.1) is 16.9 Å². The van der Waals surface area contributed by atoms with E-state index < -0.39 is 6.10 Å². The van der Waals surface area contributed by atoms with Crippen LogP contribution >= 0.6 is 11.3 Å². The summed E-state index contributed by atoms with van der Waals surface area (Å²) in [5, 5.41) is 11.6. The first kappa shape index (κ1) is 15.5. The Balaban J connectivity index is 1.62. The number of piperidine rings is 2. The third-order valence-electron chi connectivity index (χ3n) is 4.50. The molecule has 1 aromatic heterocycles. The highest BCUT2D eigenvalue weighted by molar-refractivity contribution is 7.12. The number of β-amino-alcohol motifs (C(OH)–C–C–N with tert-alkyl or cyclic N) is 1. The maximum atomic E-state index is 12.6. The number of nitrogens with zero attached hydrogens (tertiary/aromatic N) is 2. The topological polar surface area (TPSA) is 60.9 Å². The Morgan fingerprint density at radius 3 is 2.64 bits per heavy atom. The number of aliphatic hydroxyl groups excluding tert-OH is 1. The molecule has 3 heterocycles. The van der Waals surface area contributed by atoms with Gasteiger partial charge >= 0.3 is 0 Å². The maximum Gasteiger partial charge on any atom is 0.263 e. The van der Waals surface area contributed by atoms with Crippen LogP contribution in [0.1, 0.15) is 35.4 Å². The van der Waals surface area contributed by atoms with Crippen molar-refractivity contribution in [3.63, 3.8) is 0 Å². The first-order valence-corrected chi connectivity index (χ1v) is 8.83. The number of hydrogen-bond donors (Lipinski definition) is 1. The highest BCUT2D eigenvalue weighted by Crippen LogP contribution is 2.23. The Hall–Kier alpha value is -1.40. The van der Waals surface area contributed by atoms with Crippen LogP contribution in [0.2, 0.25) is 0 Å². The monoisotopic (exact) mass is 322 g/mol. The van der Waals surface area contributed by atoms with Crippen LogP contribution in [0.4, 0.5) is 0 Å². The second-order valence-electron chi connectivity index (χ2n) is 6.15. The van der Waals surface area contributed by atoms with Gasteiger partial charge in [0.1, 0.15) is 0 Å². The van der Waals surface area contributed by atoms with Crippen LogP contribution in [0, 0.1) is 5.92 Å². The van der Waals surface area contributed by atoms with Crippen molar-refractivity contribution in [1.29, 1.82) is 0 Å². The van der Waals surface area contributed by atoms with Gasteiger partial charge in [-0.3, -0.25) is 9.59 Å². The van der Waals surface area contributed by atoms with Gasteiger partial charge in [-0.25, -0.2) is 0 Å².